The number of ketones is 3. The Labute approximate surface area is 261 Å². The third-order valence-electron chi connectivity index (χ3n) is 12.6. The summed E-state index contributed by atoms with van der Waals surface area (Å²) in [7, 11) is -2.36. The first kappa shape index (κ1) is 31.9. The number of rotatable bonds is 7. The summed E-state index contributed by atoms with van der Waals surface area (Å²) in [5, 5.41) is -0.0661. The van der Waals surface area contributed by atoms with Crippen LogP contribution in [0.25, 0.3) is 0 Å². The number of carbonyl (C=O) groups is 3. The second kappa shape index (κ2) is 10.3. The largest absolute Gasteiger partial charge is 0.472 e. The van der Waals surface area contributed by atoms with Gasteiger partial charge in [0.1, 0.15) is 6.26 Å². The number of fused-ring (bicyclic) bond motifs is 5. The number of hydrogen-bond donors (Lipinski definition) is 0. The lowest BCUT2D eigenvalue weighted by molar-refractivity contribution is -0.149. The summed E-state index contributed by atoms with van der Waals surface area (Å²) < 4.78 is 12.6. The molecular weight excluding hydrogens is 587 g/mol. The summed E-state index contributed by atoms with van der Waals surface area (Å²) in [6.07, 6.45) is 11.0. The maximum absolute atomic E-state index is 14.2. The lowest BCUT2D eigenvalue weighted by Crippen LogP contribution is -2.69. The van der Waals surface area contributed by atoms with Crippen LogP contribution in [0.5, 0.6) is 0 Å². The monoisotopic (exact) mass is 632 g/mol. The van der Waals surface area contributed by atoms with Crippen molar-refractivity contribution in [1.82, 2.24) is 0 Å². The number of Topliss-reactive ketones (excluding diaryl/α,β-unsaturated/α-hetero) is 2. The molecule has 2 fully saturated rings. The molecule has 0 N–H and O–H groups in total. The zero-order valence-electron chi connectivity index (χ0n) is 26.3. The fourth-order valence-electron chi connectivity index (χ4n) is 9.15. The number of carbonyl (C=O) groups excluding carboxylic acids is 3. The first-order valence-corrected chi connectivity index (χ1v) is 19.1. The second-order valence-electron chi connectivity index (χ2n) is 15.4. The van der Waals surface area contributed by atoms with Crippen LogP contribution in [0, 0.1) is 34.0 Å². The van der Waals surface area contributed by atoms with Gasteiger partial charge in [0.25, 0.3) is 0 Å². The van der Waals surface area contributed by atoms with E-state index in [9.17, 15) is 14.4 Å². The predicted octanol–water partition coefficient (Wildman–Crippen LogP) is 8.56. The molecule has 5 rings (SSSR count). The Hall–Kier alpha value is -1.47. The Morgan fingerprint density at radius 2 is 1.88 bits per heavy atom. The summed E-state index contributed by atoms with van der Waals surface area (Å²) in [6.45, 7) is 17.6. The van der Waals surface area contributed by atoms with Crippen molar-refractivity contribution in [3.8, 4) is 0 Å². The molecule has 4 aliphatic rings. The van der Waals surface area contributed by atoms with Gasteiger partial charge in [-0.05, 0) is 72.7 Å². The van der Waals surface area contributed by atoms with E-state index in [1.54, 1.807) is 12.1 Å². The number of furan rings is 1. The van der Waals surface area contributed by atoms with Crippen molar-refractivity contribution >= 4 is 48.9 Å². The van der Waals surface area contributed by atoms with Gasteiger partial charge >= 0.3 is 0 Å². The number of halogens is 2. The van der Waals surface area contributed by atoms with E-state index in [1.807, 2.05) is 6.08 Å². The van der Waals surface area contributed by atoms with Crippen LogP contribution in [0.1, 0.15) is 84.0 Å². The third-order valence-corrected chi connectivity index (χ3v) is 18.2. The summed E-state index contributed by atoms with van der Waals surface area (Å²) in [6, 6.07) is 1.67. The Morgan fingerprint density at radius 1 is 1.19 bits per heavy atom. The fourth-order valence-corrected chi connectivity index (χ4v) is 11.3. The van der Waals surface area contributed by atoms with E-state index in [1.165, 1.54) is 12.5 Å². The topological polar surface area (TPSA) is 73.6 Å². The minimum atomic E-state index is -2.36. The summed E-state index contributed by atoms with van der Waals surface area (Å²) in [5.41, 5.74) is -0.578. The molecule has 0 aromatic carbocycles. The van der Waals surface area contributed by atoms with E-state index >= 15 is 0 Å². The van der Waals surface area contributed by atoms with E-state index in [2.05, 4.69) is 60.7 Å². The van der Waals surface area contributed by atoms with Crippen LogP contribution in [0.3, 0.4) is 0 Å². The smallest absolute Gasteiger partial charge is 0.192 e. The minimum absolute atomic E-state index is 0.0178. The average molecular weight is 634 g/mol. The molecular formula is C34H46Cl2O5Si. The van der Waals surface area contributed by atoms with Gasteiger partial charge in [0, 0.05) is 23.7 Å². The lowest BCUT2D eigenvalue weighted by atomic mass is 9.44. The van der Waals surface area contributed by atoms with Gasteiger partial charge in [0.2, 0.25) is 0 Å². The Bertz CT molecular complexity index is 1340. The van der Waals surface area contributed by atoms with Crippen molar-refractivity contribution in [2.75, 3.05) is 5.88 Å². The Kier molecular flexibility index (Phi) is 7.82. The summed E-state index contributed by atoms with van der Waals surface area (Å²) in [5.74, 6) is -0.268. The number of alkyl halides is 2. The molecule has 5 nitrogen and oxygen atoms in total. The van der Waals surface area contributed by atoms with E-state index in [0.717, 1.165) is 12.0 Å². The normalized spacial score (nSPS) is 39.8. The predicted molar refractivity (Wildman–Crippen MR) is 170 cm³/mol. The maximum Gasteiger partial charge on any atom is 0.192 e. The highest BCUT2D eigenvalue weighted by molar-refractivity contribution is 6.74. The van der Waals surface area contributed by atoms with Gasteiger partial charge in [-0.25, -0.2) is 0 Å². The molecule has 42 heavy (non-hydrogen) atoms. The summed E-state index contributed by atoms with van der Waals surface area (Å²) in [4.78, 5) is 39.7. The molecule has 2 saturated carbocycles. The quantitative estimate of drug-likeness (QED) is 0.130. The van der Waals surface area contributed by atoms with Crippen molar-refractivity contribution in [2.24, 2.45) is 34.0 Å². The van der Waals surface area contributed by atoms with Gasteiger partial charge in [-0.15, -0.1) is 23.2 Å². The standard InChI is InChI=1S/C34H46Cl2O5Si/c1-21-15-26-25-10-9-23-16-24(37)11-13-31(23,5)34(25,36)29(41-42(7,8)30(2,3)4)18-32(26,6)33(21,28(39)19-35)17-27(38)22-12-14-40-20-22/h9,11-14,20-21,25-26,29H,10,15-19H2,1-8H3/t21-,25+,26+,29+,31+,32+,33-,34+/m1/s1. The van der Waals surface area contributed by atoms with Gasteiger partial charge in [-0.2, -0.15) is 0 Å². The van der Waals surface area contributed by atoms with Crippen LogP contribution in [0.4, 0.5) is 0 Å². The van der Waals surface area contributed by atoms with Crippen molar-refractivity contribution in [3.05, 3.63) is 48.0 Å². The average Bonchev–Trinajstić information content (AvgIpc) is 3.51. The van der Waals surface area contributed by atoms with Gasteiger partial charge in [-0.3, -0.25) is 14.4 Å². The molecule has 230 valence electrons. The zero-order valence-corrected chi connectivity index (χ0v) is 28.8. The van der Waals surface area contributed by atoms with E-state index in [-0.39, 0.29) is 52.4 Å². The van der Waals surface area contributed by atoms with Gasteiger partial charge in [0.15, 0.2) is 25.7 Å². The molecule has 1 heterocycles. The van der Waals surface area contributed by atoms with Gasteiger partial charge in [0.05, 0.1) is 28.7 Å². The maximum atomic E-state index is 14.2. The molecule has 1 aromatic heterocycles. The first-order valence-electron chi connectivity index (χ1n) is 15.3. The molecule has 4 aliphatic carbocycles. The molecule has 1 aromatic rings. The van der Waals surface area contributed by atoms with Crippen molar-refractivity contribution in [1.29, 1.82) is 0 Å². The van der Waals surface area contributed by atoms with Crippen LogP contribution >= 0.6 is 23.2 Å². The van der Waals surface area contributed by atoms with Crippen LogP contribution in [-0.4, -0.2) is 42.5 Å². The second-order valence-corrected chi connectivity index (χ2v) is 21.0. The molecule has 0 saturated heterocycles. The molecule has 0 aliphatic heterocycles. The third kappa shape index (κ3) is 4.28. The Morgan fingerprint density at radius 3 is 2.48 bits per heavy atom. The zero-order chi connectivity index (χ0) is 31.1. The van der Waals surface area contributed by atoms with Crippen molar-refractivity contribution in [3.63, 3.8) is 0 Å². The molecule has 0 bridgehead atoms. The molecule has 8 atom stereocenters. The Balaban J connectivity index is 1.71. The lowest BCUT2D eigenvalue weighted by Gasteiger charge is -2.66. The SMILES string of the molecule is C[C@@H]1C[C@H]2[C@@H]3CC=C4CC(=O)C=C[C@]4(C)[C@@]3(Cl)[C@@H](O[Si](C)(C)C(C)(C)C)C[C@]2(C)[C@@]1(CC(=O)c1ccoc1)C(=O)CCl. The molecule has 0 radical (unpaired) electrons. The van der Waals surface area contributed by atoms with Crippen molar-refractivity contribution in [2.45, 2.75) is 103 Å². The molecule has 8 heteroatoms. The van der Waals surface area contributed by atoms with E-state index < -0.39 is 35.5 Å². The van der Waals surface area contributed by atoms with Crippen LogP contribution in [0.15, 0.2) is 46.8 Å². The number of hydrogen-bond acceptors (Lipinski definition) is 5. The highest BCUT2D eigenvalue weighted by Crippen LogP contribution is 2.74. The number of allylic oxidation sites excluding steroid dienone is 4. The van der Waals surface area contributed by atoms with Crippen LogP contribution < -0.4 is 0 Å². The fraction of sp³-hybridized carbons (Fsp3) is 0.676. The van der Waals surface area contributed by atoms with E-state index in [0.29, 0.717) is 24.8 Å². The van der Waals surface area contributed by atoms with Gasteiger partial charge < -0.3 is 8.84 Å². The molecule has 0 unspecified atom stereocenters. The minimum Gasteiger partial charge on any atom is -0.472 e. The molecule has 0 spiro atoms. The van der Waals surface area contributed by atoms with Crippen LogP contribution in [0.2, 0.25) is 18.1 Å². The molecule has 0 amide bonds. The highest BCUT2D eigenvalue weighted by Gasteiger charge is 2.75. The summed E-state index contributed by atoms with van der Waals surface area (Å²) >= 11 is 14.5. The highest BCUT2D eigenvalue weighted by atomic mass is 35.5. The first-order chi connectivity index (χ1) is 19.4. The van der Waals surface area contributed by atoms with Crippen LogP contribution in [-0.2, 0) is 14.0 Å². The van der Waals surface area contributed by atoms with Gasteiger partial charge in [-0.1, -0.05) is 59.3 Å². The van der Waals surface area contributed by atoms with E-state index in [4.69, 9.17) is 32.0 Å². The van der Waals surface area contributed by atoms with Crippen molar-refractivity contribution < 1.29 is 23.2 Å².